The number of hydrogen-bond acceptors (Lipinski definition) is 11. The first-order chi connectivity index (χ1) is 28.5. The zero-order chi connectivity index (χ0) is 43.4. The number of ether oxygens (including phenoxy) is 1. The molecule has 0 fully saturated rings. The van der Waals surface area contributed by atoms with Gasteiger partial charge in [-0.05, 0) is 60.4 Å². The number of rotatable bonds is 7. The second-order valence-corrected chi connectivity index (χ2v) is 15.8. The van der Waals surface area contributed by atoms with Crippen LogP contribution in [-0.4, -0.2) is 48.6 Å². The Balaban J connectivity index is 0.000000167. The quantitative estimate of drug-likeness (QED) is 0.130. The number of hydrogen-bond donors (Lipinski definition) is 3. The van der Waals surface area contributed by atoms with Crippen LogP contribution in [-0.2, 0) is 35.3 Å². The van der Waals surface area contributed by atoms with Crippen molar-refractivity contribution < 1.29 is 23.1 Å². The van der Waals surface area contributed by atoms with Crippen LogP contribution in [0.2, 0.25) is 15.2 Å². The van der Waals surface area contributed by atoms with Crippen molar-refractivity contribution in [1.29, 1.82) is 0 Å². The molecule has 2 aliphatic carbocycles. The summed E-state index contributed by atoms with van der Waals surface area (Å²) in [4.78, 5) is 58.9. The average molecular weight is 876 g/mol. The van der Waals surface area contributed by atoms with Crippen LogP contribution in [0.1, 0.15) is 73.4 Å². The van der Waals surface area contributed by atoms with Gasteiger partial charge < -0.3 is 20.8 Å². The normalized spacial score (nSPS) is 12.7. The summed E-state index contributed by atoms with van der Waals surface area (Å²) in [5, 5.41) is 4.40. The Morgan fingerprint density at radius 1 is 0.717 bits per heavy atom. The Morgan fingerprint density at radius 2 is 1.28 bits per heavy atom. The molecule has 17 heteroatoms. The van der Waals surface area contributed by atoms with Gasteiger partial charge in [-0.1, -0.05) is 62.5 Å². The number of benzene rings is 2. The molecule has 0 radical (unpaired) electrons. The van der Waals surface area contributed by atoms with E-state index in [1.54, 1.807) is 12.1 Å². The van der Waals surface area contributed by atoms with E-state index in [9.17, 15) is 23.2 Å². The van der Waals surface area contributed by atoms with Gasteiger partial charge in [-0.25, -0.2) is 33.7 Å². The summed E-state index contributed by atoms with van der Waals surface area (Å²) in [6, 6.07) is 11.7. The van der Waals surface area contributed by atoms with Crippen molar-refractivity contribution in [3.8, 4) is 28.1 Å². The Labute approximate surface area is 359 Å². The molecule has 2 aliphatic rings. The molecule has 60 heavy (non-hydrogen) atoms. The number of aromatic nitrogens is 6. The van der Waals surface area contributed by atoms with E-state index in [1.165, 1.54) is 56.2 Å². The largest absolute Gasteiger partial charge is 0.481 e. The molecule has 4 N–H and O–H groups in total. The molecule has 2 aromatic carbocycles. The number of H-pyrrole nitrogens is 1. The number of nitrogens with two attached hydrogens (primary N) is 1. The molecular weight excluding hydrogens is 837 g/mol. The number of Topliss-reactive ketones (excluding diaryl/α,β-unsaturated/α-hetero) is 2. The van der Waals surface area contributed by atoms with Crippen molar-refractivity contribution in [2.24, 2.45) is 0 Å². The number of nitrogens with one attached hydrogen (secondary N) is 2. The summed E-state index contributed by atoms with van der Waals surface area (Å²) < 4.78 is 33.6. The maximum atomic E-state index is 14.4. The highest BCUT2D eigenvalue weighted by molar-refractivity contribution is 6.31. The Morgan fingerprint density at radius 3 is 1.85 bits per heavy atom. The first-order valence-corrected chi connectivity index (χ1v) is 19.8. The molecule has 8 rings (SSSR count). The van der Waals surface area contributed by atoms with Gasteiger partial charge >= 0.3 is 0 Å². The maximum absolute atomic E-state index is 14.4. The number of halogens is 5. The standard InChI is InChI=1S/C21H18ClFN4O2.C15H16ClFN2O.C7H5ClN2O/c1-10(2)19-18(26-20-15-6-12(28)7-17(15)24-9-25-20)8-14(21(29)27-19)13-5-11(22)3-4-16(13)23;1-8(2)14-13(18)7-11(15(19-14)20-3)10-6-9(16)4-5-12(10)17;8-7-5-1-4(11)2-6(5)9-3-10-7/h3-5,8-10H,6-7H2,1-2H3,(H,27,29)(H,24,25,26);4-8H,18H2,1-3H3;3H,1-2H2. The summed E-state index contributed by atoms with van der Waals surface area (Å²) >= 11 is 17.7. The maximum Gasteiger partial charge on any atom is 0.256 e. The van der Waals surface area contributed by atoms with E-state index >= 15 is 0 Å². The highest BCUT2D eigenvalue weighted by Crippen LogP contribution is 2.37. The van der Waals surface area contributed by atoms with Crippen molar-refractivity contribution in [1.82, 2.24) is 29.9 Å². The Kier molecular flexibility index (Phi) is 13.6. The topological polar surface area (TPSA) is 179 Å². The van der Waals surface area contributed by atoms with Gasteiger partial charge in [0.2, 0.25) is 5.88 Å². The molecule has 4 heterocycles. The van der Waals surface area contributed by atoms with Crippen LogP contribution in [0.4, 0.5) is 26.0 Å². The number of carbonyl (C=O) groups is 2. The van der Waals surface area contributed by atoms with E-state index in [-0.39, 0.29) is 47.4 Å². The summed E-state index contributed by atoms with van der Waals surface area (Å²) in [6.07, 6.45) is 4.15. The molecule has 0 saturated heterocycles. The summed E-state index contributed by atoms with van der Waals surface area (Å²) in [5.74, 6) is 0.291. The van der Waals surface area contributed by atoms with Crippen LogP contribution in [0.5, 0.6) is 5.88 Å². The number of aromatic amines is 1. The average Bonchev–Trinajstić information content (AvgIpc) is 3.79. The minimum Gasteiger partial charge on any atom is -0.481 e. The lowest BCUT2D eigenvalue weighted by Gasteiger charge is -2.17. The van der Waals surface area contributed by atoms with E-state index in [0.29, 0.717) is 73.6 Å². The molecule has 0 aliphatic heterocycles. The van der Waals surface area contributed by atoms with Crippen molar-refractivity contribution in [3.63, 3.8) is 0 Å². The first kappa shape index (κ1) is 43.7. The first-order valence-electron chi connectivity index (χ1n) is 18.7. The number of ketones is 2. The summed E-state index contributed by atoms with van der Waals surface area (Å²) in [5.41, 5.74) is 12.2. The number of carbonyl (C=O) groups excluding carboxylic acids is 2. The number of pyridine rings is 2. The minimum absolute atomic E-state index is 0.0139. The minimum atomic E-state index is -0.545. The lowest BCUT2D eigenvalue weighted by Crippen LogP contribution is -2.16. The van der Waals surface area contributed by atoms with E-state index in [0.717, 1.165) is 22.5 Å². The molecule has 0 saturated carbocycles. The van der Waals surface area contributed by atoms with Crippen LogP contribution in [0.15, 0.2) is 66.0 Å². The van der Waals surface area contributed by atoms with Gasteiger partial charge in [-0.3, -0.25) is 14.4 Å². The summed E-state index contributed by atoms with van der Waals surface area (Å²) in [6.45, 7) is 7.84. The third-order valence-electron chi connectivity index (χ3n) is 9.62. The molecule has 0 spiro atoms. The zero-order valence-corrected chi connectivity index (χ0v) is 35.4. The van der Waals surface area contributed by atoms with Crippen LogP contribution in [0, 0.1) is 11.6 Å². The van der Waals surface area contributed by atoms with E-state index in [4.69, 9.17) is 45.3 Å². The van der Waals surface area contributed by atoms with E-state index in [1.807, 2.05) is 27.7 Å². The molecule has 6 aromatic rings. The number of methoxy groups -OCH3 is 1. The number of nitrogen functional groups attached to an aromatic ring is 1. The summed E-state index contributed by atoms with van der Waals surface area (Å²) in [7, 11) is 1.49. The predicted molar refractivity (Wildman–Crippen MR) is 228 cm³/mol. The van der Waals surface area contributed by atoms with Gasteiger partial charge in [0.05, 0.1) is 41.1 Å². The molecular formula is C43H39Cl3F2N8O4. The molecule has 0 bridgehead atoms. The van der Waals surface area contributed by atoms with E-state index < -0.39 is 17.2 Å². The van der Waals surface area contributed by atoms with Gasteiger partial charge in [0.1, 0.15) is 46.8 Å². The monoisotopic (exact) mass is 874 g/mol. The SMILES string of the molecule is CC(C)c1[nH]c(=O)c(-c2cc(Cl)ccc2F)cc1Nc1ncnc2c1CC(=O)C2.COc1nc(C(C)C)c(N)cc1-c1cc(Cl)ccc1F.O=C1Cc2ncnc(Cl)c2C1. The predicted octanol–water partition coefficient (Wildman–Crippen LogP) is 9.21. The third kappa shape index (κ3) is 9.78. The van der Waals surface area contributed by atoms with Crippen LogP contribution >= 0.6 is 34.8 Å². The third-order valence-corrected chi connectivity index (χ3v) is 10.4. The van der Waals surface area contributed by atoms with Crippen molar-refractivity contribution in [2.75, 3.05) is 18.2 Å². The van der Waals surface area contributed by atoms with Crippen LogP contribution < -0.4 is 21.3 Å². The number of nitrogens with zero attached hydrogens (tertiary/aromatic N) is 5. The van der Waals surface area contributed by atoms with Gasteiger partial charge in [0.15, 0.2) is 0 Å². The fraction of sp³-hybridized carbons (Fsp3) is 0.256. The molecule has 0 amide bonds. The van der Waals surface area contributed by atoms with Gasteiger partial charge in [0.25, 0.3) is 5.56 Å². The van der Waals surface area contributed by atoms with Crippen molar-refractivity contribution in [3.05, 3.63) is 132 Å². The molecule has 0 unspecified atom stereocenters. The Hall–Kier alpha value is -5.83. The molecule has 310 valence electrons. The van der Waals surface area contributed by atoms with Gasteiger partial charge in [0, 0.05) is 69.2 Å². The molecule has 4 aromatic heterocycles. The fourth-order valence-electron chi connectivity index (χ4n) is 6.71. The van der Waals surface area contributed by atoms with Crippen molar-refractivity contribution >= 4 is 63.6 Å². The number of anilines is 3. The Bertz CT molecular complexity index is 2690. The second kappa shape index (κ2) is 18.6. The smallest absolute Gasteiger partial charge is 0.256 e. The lowest BCUT2D eigenvalue weighted by atomic mass is 10.0. The second-order valence-electron chi connectivity index (χ2n) is 14.6. The lowest BCUT2D eigenvalue weighted by molar-refractivity contribution is -0.117. The fourth-order valence-corrected chi connectivity index (χ4v) is 7.28. The van der Waals surface area contributed by atoms with Gasteiger partial charge in [-0.2, -0.15) is 0 Å². The highest BCUT2D eigenvalue weighted by atomic mass is 35.5. The van der Waals surface area contributed by atoms with Crippen LogP contribution in [0.3, 0.4) is 0 Å². The van der Waals surface area contributed by atoms with Crippen LogP contribution in [0.25, 0.3) is 22.3 Å². The highest BCUT2D eigenvalue weighted by Gasteiger charge is 2.25. The van der Waals surface area contributed by atoms with Crippen molar-refractivity contribution in [2.45, 2.75) is 65.2 Å². The molecule has 12 nitrogen and oxygen atoms in total. The van der Waals surface area contributed by atoms with E-state index in [2.05, 4.69) is 35.2 Å². The zero-order valence-electron chi connectivity index (χ0n) is 33.1. The van der Waals surface area contributed by atoms with Gasteiger partial charge in [-0.15, -0.1) is 0 Å². The molecule has 0 atom stereocenters. The number of fused-ring (bicyclic) bond motifs is 2.